The number of aryl methyl sites for hydroxylation is 2. The minimum atomic E-state index is -0.175. The fourth-order valence-electron chi connectivity index (χ4n) is 3.50. The van der Waals surface area contributed by atoms with Crippen LogP contribution in [0.5, 0.6) is 0 Å². The van der Waals surface area contributed by atoms with Gasteiger partial charge in [-0.05, 0) is 31.5 Å². The molecule has 3 heterocycles. The van der Waals surface area contributed by atoms with Crippen molar-refractivity contribution >= 4 is 17.1 Å². The van der Waals surface area contributed by atoms with Crippen LogP contribution in [0.1, 0.15) is 29.7 Å². The van der Waals surface area contributed by atoms with E-state index in [2.05, 4.69) is 51.0 Å². The van der Waals surface area contributed by atoms with Gasteiger partial charge in [-0.25, -0.2) is 15.0 Å². The molecule has 0 aliphatic rings. The molecule has 0 bridgehead atoms. The third-order valence-electron chi connectivity index (χ3n) is 5.31. The Kier molecular flexibility index (Phi) is 5.61. The molecule has 4 rings (SSSR count). The molecule has 7 nitrogen and oxygen atoms in total. The molecule has 154 valence electrons. The number of fused-ring (bicyclic) bond motifs is 1. The van der Waals surface area contributed by atoms with Crippen LogP contribution in [0.3, 0.4) is 0 Å². The molecule has 0 saturated heterocycles. The average molecular weight is 403 g/mol. The quantitative estimate of drug-likeness (QED) is 0.515. The Morgan fingerprint density at radius 3 is 2.63 bits per heavy atom. The van der Waals surface area contributed by atoms with E-state index >= 15 is 0 Å². The minimum absolute atomic E-state index is 0.00926. The van der Waals surface area contributed by atoms with Gasteiger partial charge in [-0.15, -0.1) is 0 Å². The summed E-state index contributed by atoms with van der Waals surface area (Å²) in [5.74, 6) is 1.51. The molecular weight excluding hydrogens is 376 g/mol. The number of hydrogen-bond donors (Lipinski definition) is 1. The number of nitrogens with zero attached hydrogens (tertiary/aromatic N) is 5. The lowest BCUT2D eigenvalue weighted by atomic mass is 10.1. The Hall–Kier alpha value is -3.48. The number of imidazole rings is 2. The molecule has 0 saturated carbocycles. The summed E-state index contributed by atoms with van der Waals surface area (Å²) in [6.45, 7) is 7.54. The van der Waals surface area contributed by atoms with E-state index in [0.29, 0.717) is 19.6 Å². The highest BCUT2D eigenvalue weighted by atomic mass is 16.1. The van der Waals surface area contributed by atoms with Crippen LogP contribution in [0.15, 0.2) is 55.0 Å². The van der Waals surface area contributed by atoms with Crippen molar-refractivity contribution in [3.05, 3.63) is 77.8 Å². The fraction of sp³-hybridized carbons (Fsp3) is 0.304. The Labute approximate surface area is 175 Å². The first-order valence-electron chi connectivity index (χ1n) is 10.1. The number of aromatic nitrogens is 5. The highest BCUT2D eigenvalue weighted by Crippen LogP contribution is 2.17. The molecule has 1 aromatic carbocycles. The van der Waals surface area contributed by atoms with Crippen LogP contribution in [-0.4, -0.2) is 30.0 Å². The monoisotopic (exact) mass is 402 g/mol. The van der Waals surface area contributed by atoms with E-state index < -0.39 is 0 Å². The molecule has 3 aromatic heterocycles. The normalized spacial score (nSPS) is 12.2. The van der Waals surface area contributed by atoms with E-state index in [9.17, 15) is 4.79 Å². The van der Waals surface area contributed by atoms with Crippen molar-refractivity contribution in [2.75, 3.05) is 0 Å². The second-order valence-electron chi connectivity index (χ2n) is 7.69. The van der Waals surface area contributed by atoms with Gasteiger partial charge in [0.15, 0.2) is 5.65 Å². The summed E-state index contributed by atoms with van der Waals surface area (Å²) < 4.78 is 4.06. The summed E-state index contributed by atoms with van der Waals surface area (Å²) in [5, 5.41) is 3.04. The topological polar surface area (TPSA) is 77.6 Å². The summed E-state index contributed by atoms with van der Waals surface area (Å²) in [5.41, 5.74) is 4.05. The molecule has 1 atom stereocenters. The first-order valence-corrected chi connectivity index (χ1v) is 10.1. The van der Waals surface area contributed by atoms with Crippen molar-refractivity contribution in [1.29, 1.82) is 0 Å². The van der Waals surface area contributed by atoms with Crippen LogP contribution in [0, 0.1) is 19.8 Å². The van der Waals surface area contributed by atoms with Gasteiger partial charge >= 0.3 is 0 Å². The predicted octanol–water partition coefficient (Wildman–Crippen LogP) is 3.25. The van der Waals surface area contributed by atoms with Gasteiger partial charge in [0.25, 0.3) is 0 Å². The maximum Gasteiger partial charge on any atom is 0.225 e. The van der Waals surface area contributed by atoms with Gasteiger partial charge in [0.2, 0.25) is 5.91 Å². The first-order chi connectivity index (χ1) is 14.5. The summed E-state index contributed by atoms with van der Waals surface area (Å²) in [6.07, 6.45) is 5.42. The Balaban J connectivity index is 1.51. The number of rotatable bonds is 7. The highest BCUT2D eigenvalue weighted by molar-refractivity contribution is 5.78. The van der Waals surface area contributed by atoms with Crippen LogP contribution in [0.25, 0.3) is 11.2 Å². The van der Waals surface area contributed by atoms with Crippen LogP contribution in [0.2, 0.25) is 0 Å². The van der Waals surface area contributed by atoms with Crippen LogP contribution in [-0.2, 0) is 24.4 Å². The molecule has 1 N–H and O–H groups in total. The lowest BCUT2D eigenvalue weighted by Crippen LogP contribution is -2.32. The Morgan fingerprint density at radius 1 is 1.10 bits per heavy atom. The lowest BCUT2D eigenvalue weighted by molar-refractivity contribution is -0.125. The van der Waals surface area contributed by atoms with Gasteiger partial charge in [0.05, 0.1) is 19.0 Å². The van der Waals surface area contributed by atoms with E-state index in [1.807, 2.05) is 36.7 Å². The zero-order valence-corrected chi connectivity index (χ0v) is 17.5. The summed E-state index contributed by atoms with van der Waals surface area (Å²) >= 11 is 0. The number of carbonyl (C=O) groups excluding carboxylic acids is 1. The van der Waals surface area contributed by atoms with Gasteiger partial charge in [-0.2, -0.15) is 0 Å². The van der Waals surface area contributed by atoms with Crippen LogP contribution in [0.4, 0.5) is 0 Å². The molecule has 0 radical (unpaired) electrons. The van der Waals surface area contributed by atoms with Crippen molar-refractivity contribution < 1.29 is 4.79 Å². The molecule has 1 amide bonds. The number of amides is 1. The van der Waals surface area contributed by atoms with Crippen molar-refractivity contribution in [3.8, 4) is 0 Å². The third-order valence-corrected chi connectivity index (χ3v) is 5.31. The van der Waals surface area contributed by atoms with Crippen molar-refractivity contribution in [2.45, 2.75) is 40.4 Å². The smallest absolute Gasteiger partial charge is 0.225 e. The van der Waals surface area contributed by atoms with E-state index in [1.165, 1.54) is 11.1 Å². The zero-order chi connectivity index (χ0) is 21.1. The largest absolute Gasteiger partial charge is 0.349 e. The second-order valence-corrected chi connectivity index (χ2v) is 7.69. The molecule has 4 aromatic rings. The highest BCUT2D eigenvalue weighted by Gasteiger charge is 2.17. The fourth-order valence-corrected chi connectivity index (χ4v) is 3.50. The molecule has 0 unspecified atom stereocenters. The Morgan fingerprint density at radius 2 is 1.90 bits per heavy atom. The number of carbonyl (C=O) groups is 1. The lowest BCUT2D eigenvalue weighted by Gasteiger charge is -2.14. The summed E-state index contributed by atoms with van der Waals surface area (Å²) in [7, 11) is 0. The standard InChI is InChI=1S/C23H26N6O/c1-16-6-8-19(9-7-16)15-29-21(27-20-5-4-10-25-22(20)29)13-26-23(30)17(2)14-28-12-11-24-18(28)3/h4-12,17H,13-15H2,1-3H3,(H,26,30)/t17-/m0/s1. The SMILES string of the molecule is Cc1ccc(Cn2c(CNC(=O)[C@@H](C)Cn3ccnc3C)nc3cccnc32)cc1. The Bertz CT molecular complexity index is 1160. The molecular formula is C23H26N6O. The number of hydrogen-bond acceptors (Lipinski definition) is 4. The molecule has 30 heavy (non-hydrogen) atoms. The van der Waals surface area contributed by atoms with Crippen molar-refractivity contribution in [2.24, 2.45) is 5.92 Å². The number of benzene rings is 1. The van der Waals surface area contributed by atoms with Gasteiger partial charge in [0.1, 0.15) is 17.2 Å². The van der Waals surface area contributed by atoms with Gasteiger partial charge in [-0.3, -0.25) is 4.79 Å². The third kappa shape index (κ3) is 4.25. The van der Waals surface area contributed by atoms with Crippen LogP contribution < -0.4 is 5.32 Å². The predicted molar refractivity (Wildman–Crippen MR) is 116 cm³/mol. The van der Waals surface area contributed by atoms with E-state index in [0.717, 1.165) is 22.8 Å². The minimum Gasteiger partial charge on any atom is -0.349 e. The van der Waals surface area contributed by atoms with Gasteiger partial charge in [0, 0.05) is 25.1 Å². The maximum atomic E-state index is 12.7. The van der Waals surface area contributed by atoms with E-state index in [-0.39, 0.29) is 11.8 Å². The summed E-state index contributed by atoms with van der Waals surface area (Å²) in [4.78, 5) is 26.1. The molecule has 0 spiro atoms. The van der Waals surface area contributed by atoms with E-state index in [1.54, 1.807) is 12.4 Å². The molecule has 0 aliphatic carbocycles. The summed E-state index contributed by atoms with van der Waals surface area (Å²) in [6, 6.07) is 12.3. The second kappa shape index (κ2) is 8.49. The number of pyridine rings is 1. The molecule has 0 fully saturated rings. The molecule has 0 aliphatic heterocycles. The average Bonchev–Trinajstić information content (AvgIpc) is 3.31. The first kappa shape index (κ1) is 19.8. The van der Waals surface area contributed by atoms with Gasteiger partial charge < -0.3 is 14.5 Å². The zero-order valence-electron chi connectivity index (χ0n) is 17.5. The molecule has 7 heteroatoms. The van der Waals surface area contributed by atoms with E-state index in [4.69, 9.17) is 4.98 Å². The maximum absolute atomic E-state index is 12.7. The number of nitrogens with one attached hydrogen (secondary N) is 1. The van der Waals surface area contributed by atoms with Crippen molar-refractivity contribution in [3.63, 3.8) is 0 Å². The van der Waals surface area contributed by atoms with Gasteiger partial charge in [-0.1, -0.05) is 36.8 Å². The van der Waals surface area contributed by atoms with Crippen molar-refractivity contribution in [1.82, 2.24) is 29.4 Å². The van der Waals surface area contributed by atoms with Crippen LogP contribution >= 0.6 is 0 Å².